The van der Waals surface area contributed by atoms with Gasteiger partial charge in [-0.25, -0.2) is 0 Å². The minimum Gasteiger partial charge on any atom is -0.492 e. The van der Waals surface area contributed by atoms with E-state index in [1.807, 2.05) is 5.38 Å². The zero-order chi connectivity index (χ0) is 15.5. The number of carbonyl (C=O) groups is 2. The average molecular weight is 337 g/mol. The summed E-state index contributed by atoms with van der Waals surface area (Å²) in [6, 6.07) is 8.82. The van der Waals surface area contributed by atoms with Crippen LogP contribution in [0.25, 0.3) is 0 Å². The molecular weight excluding hydrogens is 324 g/mol. The quantitative estimate of drug-likeness (QED) is 0.634. The van der Waals surface area contributed by atoms with Gasteiger partial charge >= 0.3 is 5.97 Å². The molecule has 1 aromatic heterocycles. The number of Topliss-reactive ketones (excluding diaryl/α,β-unsaturated/α-hetero) is 1. The highest BCUT2D eigenvalue weighted by Crippen LogP contribution is 2.30. The number of esters is 1. The molecule has 0 saturated carbocycles. The fourth-order valence-electron chi connectivity index (χ4n) is 2.28. The fraction of sp³-hybridized carbons (Fsp3) is 0.250. The van der Waals surface area contributed by atoms with Crippen LogP contribution < -0.4 is 4.74 Å². The summed E-state index contributed by atoms with van der Waals surface area (Å²) in [4.78, 5) is 24.5. The summed E-state index contributed by atoms with van der Waals surface area (Å²) >= 11 is 7.28. The summed E-state index contributed by atoms with van der Waals surface area (Å²) in [5.41, 5.74) is 0.880. The Labute approximate surface area is 136 Å². The van der Waals surface area contributed by atoms with Crippen LogP contribution in [0.15, 0.2) is 35.7 Å². The first kappa shape index (κ1) is 15.1. The van der Waals surface area contributed by atoms with E-state index in [0.29, 0.717) is 16.3 Å². The summed E-state index contributed by atoms with van der Waals surface area (Å²) < 4.78 is 10.7. The molecule has 0 N–H and O–H groups in total. The molecule has 0 amide bonds. The molecule has 2 heterocycles. The Bertz CT molecular complexity index is 696. The second-order valence-corrected chi connectivity index (χ2v) is 6.36. The molecule has 0 radical (unpaired) electrons. The van der Waals surface area contributed by atoms with Gasteiger partial charge < -0.3 is 9.47 Å². The van der Waals surface area contributed by atoms with Crippen LogP contribution in [0, 0.1) is 5.92 Å². The SMILES string of the molecule is O=C(COC(=O)[C@@H]1COc2ccc(Cl)cc2C1)c1cccs1. The number of benzene rings is 1. The average Bonchev–Trinajstić information content (AvgIpc) is 3.06. The smallest absolute Gasteiger partial charge is 0.313 e. The second-order valence-electron chi connectivity index (χ2n) is 4.97. The van der Waals surface area contributed by atoms with Crippen molar-refractivity contribution >= 4 is 34.7 Å². The van der Waals surface area contributed by atoms with Gasteiger partial charge in [-0.1, -0.05) is 17.7 Å². The third kappa shape index (κ3) is 3.31. The van der Waals surface area contributed by atoms with Crippen molar-refractivity contribution in [2.24, 2.45) is 5.92 Å². The first-order valence-electron chi connectivity index (χ1n) is 6.78. The molecule has 114 valence electrons. The third-order valence-corrected chi connectivity index (χ3v) is 4.55. The lowest BCUT2D eigenvalue weighted by Gasteiger charge is -2.24. The van der Waals surface area contributed by atoms with Crippen molar-refractivity contribution in [1.29, 1.82) is 0 Å². The fourth-order valence-corrected chi connectivity index (χ4v) is 3.12. The minimum atomic E-state index is -0.421. The van der Waals surface area contributed by atoms with Crippen LogP contribution in [0.4, 0.5) is 0 Å². The van der Waals surface area contributed by atoms with Gasteiger partial charge in [-0.15, -0.1) is 11.3 Å². The lowest BCUT2D eigenvalue weighted by Crippen LogP contribution is -2.30. The third-order valence-electron chi connectivity index (χ3n) is 3.40. The van der Waals surface area contributed by atoms with Gasteiger partial charge in [0.2, 0.25) is 5.78 Å². The van der Waals surface area contributed by atoms with E-state index in [0.717, 1.165) is 11.3 Å². The highest BCUT2D eigenvalue weighted by Gasteiger charge is 2.28. The number of ether oxygens (including phenoxy) is 2. The summed E-state index contributed by atoms with van der Waals surface area (Å²) in [6.07, 6.45) is 0.502. The Balaban J connectivity index is 1.58. The van der Waals surface area contributed by atoms with E-state index in [4.69, 9.17) is 21.1 Å². The van der Waals surface area contributed by atoms with Gasteiger partial charge in [0.1, 0.15) is 12.4 Å². The summed E-state index contributed by atoms with van der Waals surface area (Å²) in [5, 5.41) is 2.41. The maximum atomic E-state index is 12.1. The standard InChI is InChI=1S/C16H13ClO4S/c17-12-3-4-14-10(7-12)6-11(8-20-14)16(19)21-9-13(18)15-2-1-5-22-15/h1-5,7,11H,6,8-9H2/t11-/m0/s1. The molecule has 2 aromatic rings. The summed E-state index contributed by atoms with van der Waals surface area (Å²) in [6.45, 7) is 0.0128. The molecule has 0 unspecified atom stereocenters. The number of rotatable bonds is 4. The van der Waals surface area contributed by atoms with Crippen molar-refractivity contribution in [2.75, 3.05) is 13.2 Å². The monoisotopic (exact) mass is 336 g/mol. The topological polar surface area (TPSA) is 52.6 Å². The van der Waals surface area contributed by atoms with Crippen LogP contribution in [0.1, 0.15) is 15.2 Å². The van der Waals surface area contributed by atoms with E-state index in [2.05, 4.69) is 0 Å². The Morgan fingerprint density at radius 3 is 3.00 bits per heavy atom. The van der Waals surface area contributed by atoms with Crippen molar-refractivity contribution in [2.45, 2.75) is 6.42 Å². The zero-order valence-electron chi connectivity index (χ0n) is 11.6. The van der Waals surface area contributed by atoms with Gasteiger partial charge in [-0.05, 0) is 41.6 Å². The van der Waals surface area contributed by atoms with Crippen molar-refractivity contribution < 1.29 is 19.1 Å². The molecule has 0 spiro atoms. The largest absolute Gasteiger partial charge is 0.492 e. The number of carbonyl (C=O) groups excluding carboxylic acids is 2. The molecule has 4 nitrogen and oxygen atoms in total. The maximum absolute atomic E-state index is 12.1. The van der Waals surface area contributed by atoms with Crippen LogP contribution in [0.3, 0.4) is 0 Å². The lowest BCUT2D eigenvalue weighted by molar-refractivity contribution is -0.148. The molecule has 1 aliphatic rings. The lowest BCUT2D eigenvalue weighted by atomic mass is 9.97. The summed E-state index contributed by atoms with van der Waals surface area (Å²) in [5.74, 6) is -0.288. The molecule has 0 fully saturated rings. The molecule has 22 heavy (non-hydrogen) atoms. The van der Waals surface area contributed by atoms with Gasteiger partial charge in [-0.3, -0.25) is 9.59 Å². The van der Waals surface area contributed by atoms with E-state index in [1.165, 1.54) is 11.3 Å². The molecular formula is C16H13ClO4S. The number of halogens is 1. The van der Waals surface area contributed by atoms with Gasteiger partial charge in [0.05, 0.1) is 10.8 Å². The van der Waals surface area contributed by atoms with Gasteiger partial charge in [0, 0.05) is 5.02 Å². The van der Waals surface area contributed by atoms with Crippen LogP contribution in [0.5, 0.6) is 5.75 Å². The molecule has 0 saturated heterocycles. The normalized spacial score (nSPS) is 16.5. The van der Waals surface area contributed by atoms with Crippen LogP contribution >= 0.6 is 22.9 Å². The molecule has 3 rings (SSSR count). The van der Waals surface area contributed by atoms with E-state index in [9.17, 15) is 9.59 Å². The molecule has 1 atom stereocenters. The Morgan fingerprint density at radius 1 is 1.36 bits per heavy atom. The van der Waals surface area contributed by atoms with Crippen LogP contribution in [-0.4, -0.2) is 25.0 Å². The highest BCUT2D eigenvalue weighted by molar-refractivity contribution is 7.12. The molecule has 0 bridgehead atoms. The molecule has 1 aromatic carbocycles. The summed E-state index contributed by atoms with van der Waals surface area (Å²) in [7, 11) is 0. The number of hydrogen-bond donors (Lipinski definition) is 0. The number of thiophene rings is 1. The van der Waals surface area contributed by atoms with Crippen LogP contribution in [-0.2, 0) is 16.0 Å². The number of hydrogen-bond acceptors (Lipinski definition) is 5. The Morgan fingerprint density at radius 2 is 2.23 bits per heavy atom. The van der Waals surface area contributed by atoms with E-state index >= 15 is 0 Å². The Hall–Kier alpha value is -1.85. The molecule has 0 aliphatic carbocycles. The van der Waals surface area contributed by atoms with Crippen molar-refractivity contribution in [3.63, 3.8) is 0 Å². The van der Waals surface area contributed by atoms with Crippen LogP contribution in [0.2, 0.25) is 5.02 Å². The first-order chi connectivity index (χ1) is 10.6. The number of ketones is 1. The second kappa shape index (κ2) is 6.50. The van der Waals surface area contributed by atoms with Gasteiger partial charge in [0.25, 0.3) is 0 Å². The Kier molecular flexibility index (Phi) is 4.45. The first-order valence-corrected chi connectivity index (χ1v) is 8.04. The van der Waals surface area contributed by atoms with Crippen molar-refractivity contribution in [3.05, 3.63) is 51.2 Å². The predicted octanol–water partition coefficient (Wildman–Crippen LogP) is 3.38. The van der Waals surface area contributed by atoms with Crippen molar-refractivity contribution in [3.8, 4) is 5.75 Å². The molecule has 6 heteroatoms. The minimum absolute atomic E-state index is 0.191. The number of fused-ring (bicyclic) bond motifs is 1. The zero-order valence-corrected chi connectivity index (χ0v) is 13.2. The van der Waals surface area contributed by atoms with E-state index < -0.39 is 11.9 Å². The molecule has 1 aliphatic heterocycles. The van der Waals surface area contributed by atoms with Crippen molar-refractivity contribution in [1.82, 2.24) is 0 Å². The highest BCUT2D eigenvalue weighted by atomic mass is 35.5. The van der Waals surface area contributed by atoms with Gasteiger partial charge in [0.15, 0.2) is 6.61 Å². The van der Waals surface area contributed by atoms with E-state index in [-0.39, 0.29) is 19.0 Å². The predicted molar refractivity (Wildman–Crippen MR) is 83.7 cm³/mol. The van der Waals surface area contributed by atoms with Gasteiger partial charge in [-0.2, -0.15) is 0 Å². The van der Waals surface area contributed by atoms with E-state index in [1.54, 1.807) is 30.3 Å². The maximum Gasteiger partial charge on any atom is 0.313 e.